The third kappa shape index (κ3) is 6.69. The number of hydrogen-bond donors (Lipinski definition) is 1. The van der Waals surface area contributed by atoms with Crippen LogP contribution in [0.1, 0.15) is 40.3 Å². The van der Waals surface area contributed by atoms with Gasteiger partial charge < -0.3 is 5.32 Å². The van der Waals surface area contributed by atoms with E-state index in [9.17, 15) is 0 Å². The highest BCUT2D eigenvalue weighted by Gasteiger charge is 2.21. The van der Waals surface area contributed by atoms with Gasteiger partial charge in [0.15, 0.2) is 0 Å². The Morgan fingerprint density at radius 2 is 2.05 bits per heavy atom. The van der Waals surface area contributed by atoms with E-state index in [0.29, 0.717) is 6.04 Å². The van der Waals surface area contributed by atoms with Crippen molar-refractivity contribution in [1.82, 2.24) is 15.2 Å². The van der Waals surface area contributed by atoms with Crippen LogP contribution in [0, 0.1) is 5.41 Å². The third-order valence-electron chi connectivity index (χ3n) is 3.20. The number of aromatic nitrogens is 1. The molecule has 3 nitrogen and oxygen atoms in total. The molecule has 0 unspecified atom stereocenters. The number of pyridine rings is 1. The molecule has 0 amide bonds. The molecule has 19 heavy (non-hydrogen) atoms. The van der Waals surface area contributed by atoms with Crippen LogP contribution in [0.3, 0.4) is 0 Å². The van der Waals surface area contributed by atoms with Crippen LogP contribution in [0.2, 0.25) is 0 Å². The highest BCUT2D eigenvalue weighted by Crippen LogP contribution is 2.17. The van der Waals surface area contributed by atoms with Crippen LogP contribution in [-0.2, 0) is 6.54 Å². The van der Waals surface area contributed by atoms with E-state index in [2.05, 4.69) is 62.0 Å². The van der Waals surface area contributed by atoms with Gasteiger partial charge in [0.05, 0.1) is 5.69 Å². The van der Waals surface area contributed by atoms with Gasteiger partial charge in [0, 0.05) is 31.9 Å². The molecular weight excluding hydrogens is 234 g/mol. The third-order valence-corrected chi connectivity index (χ3v) is 3.20. The van der Waals surface area contributed by atoms with Crippen LogP contribution in [0.25, 0.3) is 0 Å². The molecule has 0 spiro atoms. The van der Waals surface area contributed by atoms with Crippen molar-refractivity contribution in [2.24, 2.45) is 5.41 Å². The summed E-state index contributed by atoms with van der Waals surface area (Å²) in [6.45, 7) is 15.4. The average molecular weight is 263 g/mol. The molecule has 0 bridgehead atoms. The summed E-state index contributed by atoms with van der Waals surface area (Å²) in [6.07, 6.45) is 1.87. The Kier molecular flexibility index (Phi) is 6.46. The smallest absolute Gasteiger partial charge is 0.0543 e. The van der Waals surface area contributed by atoms with E-state index in [0.717, 1.165) is 31.9 Å². The van der Waals surface area contributed by atoms with Crippen molar-refractivity contribution in [3.63, 3.8) is 0 Å². The fourth-order valence-electron chi connectivity index (χ4n) is 2.14. The first-order valence-corrected chi connectivity index (χ1v) is 7.28. The molecule has 108 valence electrons. The lowest BCUT2D eigenvalue weighted by Crippen LogP contribution is -2.42. The Morgan fingerprint density at radius 3 is 2.58 bits per heavy atom. The Balaban J connectivity index is 2.51. The van der Waals surface area contributed by atoms with Crippen molar-refractivity contribution in [2.45, 2.75) is 47.2 Å². The maximum atomic E-state index is 4.41. The van der Waals surface area contributed by atoms with Crippen LogP contribution in [0.5, 0.6) is 0 Å². The number of hydrogen-bond acceptors (Lipinski definition) is 3. The summed E-state index contributed by atoms with van der Waals surface area (Å²) >= 11 is 0. The summed E-state index contributed by atoms with van der Waals surface area (Å²) < 4.78 is 0. The maximum absolute atomic E-state index is 4.41. The fourth-order valence-corrected chi connectivity index (χ4v) is 2.14. The lowest BCUT2D eigenvalue weighted by molar-refractivity contribution is 0.170. The molecule has 1 aromatic rings. The van der Waals surface area contributed by atoms with Gasteiger partial charge in [0.1, 0.15) is 0 Å². The summed E-state index contributed by atoms with van der Waals surface area (Å²) in [6, 6.07) is 6.67. The minimum Gasteiger partial charge on any atom is -0.314 e. The molecule has 0 aliphatic carbocycles. The van der Waals surface area contributed by atoms with Crippen LogP contribution in [0.15, 0.2) is 24.4 Å². The highest BCUT2D eigenvalue weighted by molar-refractivity contribution is 5.03. The van der Waals surface area contributed by atoms with Gasteiger partial charge in [-0.15, -0.1) is 0 Å². The van der Waals surface area contributed by atoms with Crippen LogP contribution < -0.4 is 5.32 Å². The number of nitrogens with zero attached hydrogens (tertiary/aromatic N) is 2. The zero-order valence-electron chi connectivity index (χ0n) is 13.1. The van der Waals surface area contributed by atoms with E-state index >= 15 is 0 Å². The topological polar surface area (TPSA) is 28.2 Å². The minimum absolute atomic E-state index is 0.273. The molecule has 0 aliphatic heterocycles. The predicted molar refractivity (Wildman–Crippen MR) is 82.1 cm³/mol. The molecule has 1 rings (SSSR count). The van der Waals surface area contributed by atoms with Gasteiger partial charge in [-0.05, 0) is 24.1 Å². The molecule has 0 radical (unpaired) electrons. The van der Waals surface area contributed by atoms with Gasteiger partial charge in [0.2, 0.25) is 0 Å². The molecule has 0 saturated heterocycles. The van der Waals surface area contributed by atoms with E-state index in [1.165, 1.54) is 0 Å². The summed E-state index contributed by atoms with van der Waals surface area (Å²) in [5, 5.41) is 3.54. The summed E-state index contributed by atoms with van der Waals surface area (Å²) in [5.41, 5.74) is 1.42. The molecule has 0 fully saturated rings. The van der Waals surface area contributed by atoms with Gasteiger partial charge in [-0.25, -0.2) is 0 Å². The van der Waals surface area contributed by atoms with E-state index in [-0.39, 0.29) is 5.41 Å². The second-order valence-electron chi connectivity index (χ2n) is 6.32. The van der Waals surface area contributed by atoms with Crippen molar-refractivity contribution < 1.29 is 0 Å². The lowest BCUT2D eigenvalue weighted by atomic mass is 9.92. The van der Waals surface area contributed by atoms with E-state index in [1.807, 2.05) is 12.3 Å². The SMILES string of the molecule is CCN(Cc1ccccn1)CC(C)(C)CNC(C)C. The summed E-state index contributed by atoms with van der Waals surface area (Å²) in [7, 11) is 0. The fraction of sp³-hybridized carbons (Fsp3) is 0.688. The molecule has 0 aromatic carbocycles. The maximum Gasteiger partial charge on any atom is 0.0543 e. The van der Waals surface area contributed by atoms with Gasteiger partial charge in [-0.2, -0.15) is 0 Å². The van der Waals surface area contributed by atoms with Gasteiger partial charge in [-0.3, -0.25) is 9.88 Å². The zero-order chi connectivity index (χ0) is 14.3. The van der Waals surface area contributed by atoms with E-state index < -0.39 is 0 Å². The Morgan fingerprint density at radius 1 is 1.32 bits per heavy atom. The standard InChI is InChI=1S/C16H29N3/c1-6-19(11-15-9-7-8-10-17-15)13-16(4,5)12-18-14(2)3/h7-10,14,18H,6,11-13H2,1-5H3. The van der Waals surface area contributed by atoms with Crippen molar-refractivity contribution in [3.05, 3.63) is 30.1 Å². The molecule has 0 atom stereocenters. The zero-order valence-corrected chi connectivity index (χ0v) is 13.1. The van der Waals surface area contributed by atoms with Crippen molar-refractivity contribution in [2.75, 3.05) is 19.6 Å². The highest BCUT2D eigenvalue weighted by atomic mass is 15.1. The monoisotopic (exact) mass is 263 g/mol. The van der Waals surface area contributed by atoms with Crippen LogP contribution in [0.4, 0.5) is 0 Å². The molecular formula is C16H29N3. The Labute approximate surface area is 118 Å². The molecule has 0 saturated carbocycles. The van der Waals surface area contributed by atoms with Crippen molar-refractivity contribution >= 4 is 0 Å². The molecule has 1 aromatic heterocycles. The van der Waals surface area contributed by atoms with E-state index in [1.54, 1.807) is 0 Å². The first kappa shape index (κ1) is 16.1. The summed E-state index contributed by atoms with van der Waals surface area (Å²) in [4.78, 5) is 6.88. The Hall–Kier alpha value is -0.930. The van der Waals surface area contributed by atoms with Gasteiger partial charge in [-0.1, -0.05) is 40.7 Å². The Bertz CT molecular complexity index is 346. The lowest BCUT2D eigenvalue weighted by Gasteiger charge is -2.32. The predicted octanol–water partition coefficient (Wildman–Crippen LogP) is 2.93. The number of rotatable bonds is 8. The van der Waals surface area contributed by atoms with Crippen LogP contribution in [-0.4, -0.2) is 35.6 Å². The largest absolute Gasteiger partial charge is 0.314 e. The molecule has 0 aliphatic rings. The minimum atomic E-state index is 0.273. The average Bonchev–Trinajstić information content (AvgIpc) is 2.37. The second kappa shape index (κ2) is 7.61. The van der Waals surface area contributed by atoms with Gasteiger partial charge in [0.25, 0.3) is 0 Å². The first-order valence-electron chi connectivity index (χ1n) is 7.28. The first-order chi connectivity index (χ1) is 8.93. The molecule has 3 heteroatoms. The van der Waals surface area contributed by atoms with Crippen LogP contribution >= 0.6 is 0 Å². The molecule has 1 N–H and O–H groups in total. The number of nitrogens with one attached hydrogen (secondary N) is 1. The van der Waals surface area contributed by atoms with Crippen molar-refractivity contribution in [3.8, 4) is 0 Å². The normalized spacial score (nSPS) is 12.4. The quantitative estimate of drug-likeness (QED) is 0.781. The van der Waals surface area contributed by atoms with Gasteiger partial charge >= 0.3 is 0 Å². The molecule has 1 heterocycles. The van der Waals surface area contributed by atoms with Crippen molar-refractivity contribution in [1.29, 1.82) is 0 Å². The van der Waals surface area contributed by atoms with E-state index in [4.69, 9.17) is 0 Å². The second-order valence-corrected chi connectivity index (χ2v) is 6.32. The summed E-state index contributed by atoms with van der Waals surface area (Å²) in [5.74, 6) is 0.